The van der Waals surface area contributed by atoms with E-state index >= 15 is 0 Å². The van der Waals surface area contributed by atoms with Crippen molar-refractivity contribution in [1.29, 1.82) is 0 Å². The van der Waals surface area contributed by atoms with Gasteiger partial charge in [0.1, 0.15) is 11.6 Å². The lowest BCUT2D eigenvalue weighted by atomic mass is 10.0. The Labute approximate surface area is 148 Å². The van der Waals surface area contributed by atoms with Gasteiger partial charge in [0.25, 0.3) is 5.91 Å². The Morgan fingerprint density at radius 3 is 2.46 bits per heavy atom. The molecule has 26 heavy (non-hydrogen) atoms. The van der Waals surface area contributed by atoms with E-state index in [-0.39, 0.29) is 37.5 Å². The number of carboxylic acid groups (broad SMARTS) is 1. The van der Waals surface area contributed by atoms with Crippen LogP contribution in [0.15, 0.2) is 42.5 Å². The first-order valence-electron chi connectivity index (χ1n) is 8.12. The van der Waals surface area contributed by atoms with Crippen LogP contribution in [0.25, 0.3) is 11.1 Å². The van der Waals surface area contributed by atoms with Crippen molar-refractivity contribution in [2.75, 3.05) is 19.7 Å². The van der Waals surface area contributed by atoms with E-state index < -0.39 is 23.8 Å². The molecule has 2 aromatic rings. The fourth-order valence-corrected chi connectivity index (χ4v) is 2.90. The van der Waals surface area contributed by atoms with Crippen molar-refractivity contribution >= 4 is 11.9 Å². The fourth-order valence-electron chi connectivity index (χ4n) is 2.90. The minimum absolute atomic E-state index is 0.0909. The van der Waals surface area contributed by atoms with Gasteiger partial charge in [0.2, 0.25) is 0 Å². The standard InChI is InChI=1S/C19H17F2NO4/c20-14-4-1-12(2-5-14)13-3-6-16(17(21)9-13)19(25)22-7-8-26-15(11-22)10-18(23)24/h1-6,9,15H,7-8,10-11H2,(H,23,24). The van der Waals surface area contributed by atoms with Crippen molar-refractivity contribution < 1.29 is 28.2 Å². The van der Waals surface area contributed by atoms with Crippen molar-refractivity contribution in [1.82, 2.24) is 4.90 Å². The summed E-state index contributed by atoms with van der Waals surface area (Å²) in [6, 6.07) is 9.84. The Kier molecular flexibility index (Phi) is 5.27. The normalized spacial score (nSPS) is 17.2. The summed E-state index contributed by atoms with van der Waals surface area (Å²) in [5.41, 5.74) is 1.08. The fraction of sp³-hybridized carbons (Fsp3) is 0.263. The van der Waals surface area contributed by atoms with Gasteiger partial charge in [-0.3, -0.25) is 9.59 Å². The summed E-state index contributed by atoms with van der Waals surface area (Å²) < 4.78 is 32.8. The summed E-state index contributed by atoms with van der Waals surface area (Å²) in [4.78, 5) is 24.8. The zero-order valence-corrected chi connectivity index (χ0v) is 13.8. The number of carbonyl (C=O) groups excluding carboxylic acids is 1. The predicted molar refractivity (Wildman–Crippen MR) is 89.7 cm³/mol. The smallest absolute Gasteiger partial charge is 0.306 e. The molecule has 1 N–H and O–H groups in total. The van der Waals surface area contributed by atoms with Crippen LogP contribution in [-0.2, 0) is 9.53 Å². The summed E-state index contributed by atoms with van der Waals surface area (Å²) in [7, 11) is 0. The van der Waals surface area contributed by atoms with Crippen LogP contribution >= 0.6 is 0 Å². The molecule has 0 spiro atoms. The quantitative estimate of drug-likeness (QED) is 0.909. The Hall–Kier alpha value is -2.80. The molecule has 0 bridgehead atoms. The zero-order valence-electron chi connectivity index (χ0n) is 13.8. The third-order valence-electron chi connectivity index (χ3n) is 4.21. The number of rotatable bonds is 4. The maximum atomic E-state index is 14.5. The maximum absolute atomic E-state index is 14.5. The van der Waals surface area contributed by atoms with E-state index in [4.69, 9.17) is 9.84 Å². The van der Waals surface area contributed by atoms with Crippen molar-refractivity contribution in [3.63, 3.8) is 0 Å². The van der Waals surface area contributed by atoms with E-state index in [1.165, 1.54) is 41.3 Å². The highest BCUT2D eigenvalue weighted by Crippen LogP contribution is 2.23. The Balaban J connectivity index is 1.77. The van der Waals surface area contributed by atoms with Gasteiger partial charge in [-0.15, -0.1) is 0 Å². The van der Waals surface area contributed by atoms with Crippen molar-refractivity contribution in [2.24, 2.45) is 0 Å². The highest BCUT2D eigenvalue weighted by Gasteiger charge is 2.28. The molecule has 1 amide bonds. The van der Waals surface area contributed by atoms with Crippen molar-refractivity contribution in [3.05, 3.63) is 59.7 Å². The molecule has 5 nitrogen and oxygen atoms in total. The molecule has 7 heteroatoms. The molecule has 1 atom stereocenters. The molecule has 1 aliphatic heterocycles. The second-order valence-electron chi connectivity index (χ2n) is 6.04. The number of benzene rings is 2. The minimum atomic E-state index is -1.01. The molecule has 3 rings (SSSR count). The Bertz CT molecular complexity index is 823. The first-order valence-corrected chi connectivity index (χ1v) is 8.12. The van der Waals surface area contributed by atoms with E-state index in [0.29, 0.717) is 11.1 Å². The minimum Gasteiger partial charge on any atom is -0.481 e. The van der Waals surface area contributed by atoms with Crippen LogP contribution in [0, 0.1) is 11.6 Å². The van der Waals surface area contributed by atoms with E-state index in [2.05, 4.69) is 0 Å². The summed E-state index contributed by atoms with van der Waals surface area (Å²) in [6.45, 7) is 0.581. The first kappa shape index (κ1) is 18.0. The number of hydrogen-bond acceptors (Lipinski definition) is 3. The topological polar surface area (TPSA) is 66.8 Å². The molecule has 0 aromatic heterocycles. The second kappa shape index (κ2) is 7.61. The van der Waals surface area contributed by atoms with E-state index in [1.807, 2.05) is 0 Å². The van der Waals surface area contributed by atoms with Crippen molar-refractivity contribution in [3.8, 4) is 11.1 Å². The van der Waals surface area contributed by atoms with E-state index in [9.17, 15) is 18.4 Å². The molecule has 0 aliphatic carbocycles. The zero-order chi connectivity index (χ0) is 18.7. The number of carbonyl (C=O) groups is 2. The molecule has 1 heterocycles. The first-order chi connectivity index (χ1) is 12.4. The number of ether oxygens (including phenoxy) is 1. The van der Waals surface area contributed by atoms with Crippen LogP contribution in [0.4, 0.5) is 8.78 Å². The Morgan fingerprint density at radius 1 is 1.12 bits per heavy atom. The van der Waals surface area contributed by atoms with Gasteiger partial charge in [-0.2, -0.15) is 0 Å². The summed E-state index contributed by atoms with van der Waals surface area (Å²) >= 11 is 0. The molecule has 1 unspecified atom stereocenters. The third kappa shape index (κ3) is 4.05. The highest BCUT2D eigenvalue weighted by atomic mass is 19.1. The van der Waals surface area contributed by atoms with Gasteiger partial charge in [-0.1, -0.05) is 18.2 Å². The lowest BCUT2D eigenvalue weighted by Crippen LogP contribution is -2.46. The largest absolute Gasteiger partial charge is 0.481 e. The van der Waals surface area contributed by atoms with Gasteiger partial charge in [-0.05, 0) is 35.4 Å². The number of carboxylic acids is 1. The number of halogens is 2. The highest BCUT2D eigenvalue weighted by molar-refractivity contribution is 5.95. The predicted octanol–water partition coefficient (Wildman–Crippen LogP) is 2.95. The number of amides is 1. The average molecular weight is 361 g/mol. The monoisotopic (exact) mass is 361 g/mol. The number of nitrogens with zero attached hydrogens (tertiary/aromatic N) is 1. The lowest BCUT2D eigenvalue weighted by Gasteiger charge is -2.32. The third-order valence-corrected chi connectivity index (χ3v) is 4.21. The van der Waals surface area contributed by atoms with Crippen LogP contribution in [0.3, 0.4) is 0 Å². The summed E-state index contributed by atoms with van der Waals surface area (Å²) in [6.07, 6.45) is -0.817. The van der Waals surface area contributed by atoms with E-state index in [1.54, 1.807) is 6.07 Å². The van der Waals surface area contributed by atoms with Gasteiger partial charge < -0.3 is 14.7 Å². The number of aliphatic carboxylic acids is 1. The van der Waals surface area contributed by atoms with Crippen LogP contribution in [0.5, 0.6) is 0 Å². The van der Waals surface area contributed by atoms with E-state index in [0.717, 1.165) is 0 Å². The molecule has 0 saturated carbocycles. The van der Waals surface area contributed by atoms with Crippen LogP contribution in [-0.4, -0.2) is 47.7 Å². The number of hydrogen-bond donors (Lipinski definition) is 1. The molecule has 0 radical (unpaired) electrons. The van der Waals surface area contributed by atoms with Crippen molar-refractivity contribution in [2.45, 2.75) is 12.5 Å². The molecular weight excluding hydrogens is 344 g/mol. The number of morpholine rings is 1. The van der Waals surface area contributed by atoms with Gasteiger partial charge in [0, 0.05) is 13.1 Å². The SMILES string of the molecule is O=C(O)CC1CN(C(=O)c2ccc(-c3ccc(F)cc3)cc2F)CCO1. The van der Waals surface area contributed by atoms with Gasteiger partial charge >= 0.3 is 5.97 Å². The van der Waals surface area contributed by atoms with Gasteiger partial charge in [-0.25, -0.2) is 8.78 Å². The summed E-state index contributed by atoms with van der Waals surface area (Å²) in [5, 5.41) is 8.84. The second-order valence-corrected chi connectivity index (χ2v) is 6.04. The van der Waals surface area contributed by atoms with Gasteiger partial charge in [0.15, 0.2) is 0 Å². The summed E-state index contributed by atoms with van der Waals surface area (Å²) in [5.74, 6) is -2.59. The van der Waals surface area contributed by atoms with Gasteiger partial charge in [0.05, 0.1) is 24.7 Å². The van der Waals surface area contributed by atoms with Crippen LogP contribution in [0.2, 0.25) is 0 Å². The molecular formula is C19H17F2NO4. The Morgan fingerprint density at radius 2 is 1.81 bits per heavy atom. The molecule has 1 fully saturated rings. The lowest BCUT2D eigenvalue weighted by molar-refractivity contribution is -0.141. The maximum Gasteiger partial charge on any atom is 0.306 e. The molecule has 1 saturated heterocycles. The molecule has 1 aliphatic rings. The van der Waals surface area contributed by atoms with Crippen LogP contribution in [0.1, 0.15) is 16.8 Å². The molecule has 136 valence electrons. The average Bonchev–Trinajstić information content (AvgIpc) is 2.61. The van der Waals surface area contributed by atoms with Crippen LogP contribution < -0.4 is 0 Å². The molecule has 2 aromatic carbocycles.